The topological polar surface area (TPSA) is 14.1 Å². The van der Waals surface area contributed by atoms with Crippen molar-refractivity contribution in [3.05, 3.63) is 0 Å². The van der Waals surface area contributed by atoms with E-state index in [2.05, 4.69) is 11.6 Å². The lowest BCUT2D eigenvalue weighted by molar-refractivity contribution is 1.32. The molecule has 0 N–H and O–H groups in total. The van der Waals surface area contributed by atoms with Crippen LogP contribution in [0.25, 0.3) is 0 Å². The van der Waals surface area contributed by atoms with E-state index in [1.807, 2.05) is 13.1 Å². The van der Waals surface area contributed by atoms with Gasteiger partial charge in [0, 0.05) is 13.3 Å². The fourth-order valence-electron chi connectivity index (χ4n) is 0.211. The van der Waals surface area contributed by atoms with Gasteiger partial charge < -0.3 is 0 Å². The van der Waals surface area contributed by atoms with E-state index in [4.69, 9.17) is 0 Å². The molecule has 0 spiro atoms. The van der Waals surface area contributed by atoms with Crippen molar-refractivity contribution in [2.75, 3.05) is 0 Å². The molecule has 0 fully saturated rings. The molecule has 6 heavy (non-hydrogen) atoms. The lowest BCUT2D eigenvalue weighted by Gasteiger charge is -1.49. The van der Waals surface area contributed by atoms with Crippen LogP contribution in [-0.2, 0) is 0 Å². The number of hydrogen-bond donors (Lipinski definition) is 0. The summed E-state index contributed by atoms with van der Waals surface area (Å²) < 4.78 is 3.84. The largest absolute Gasteiger partial charge is 0.268 e. The number of rotatable bonds is 1. The van der Waals surface area contributed by atoms with Gasteiger partial charge in [-0.05, 0) is 0 Å². The number of nitrogens with zero attached hydrogens (tertiary/aromatic N) is 1. The second-order valence-corrected chi connectivity index (χ2v) is 0.998. The second-order valence-electron chi connectivity index (χ2n) is 0.998. The first-order valence-corrected chi connectivity index (χ1v) is 2.21. The maximum Gasteiger partial charge on any atom is 0.268 e. The first kappa shape index (κ1) is 5.45. The Labute approximate surface area is 38.4 Å². The highest BCUT2D eigenvalue weighted by Crippen LogP contribution is 1.54. The molecule has 0 aromatic rings. The van der Waals surface area contributed by atoms with Crippen molar-refractivity contribution >= 4 is 12.4 Å². The van der Waals surface area contributed by atoms with Crippen molar-refractivity contribution in [1.82, 2.24) is 4.67 Å². The molecule has 0 rings (SSSR count). The molecule has 0 aromatic heterocycles. The smallest absolute Gasteiger partial charge is 0.111 e. The van der Waals surface area contributed by atoms with Gasteiger partial charge in [0.1, 0.15) is 0 Å². The van der Waals surface area contributed by atoms with E-state index in [-0.39, 0.29) is 0 Å². The highest BCUT2D eigenvalue weighted by atomic mass is 14.5. The van der Waals surface area contributed by atoms with E-state index in [0.29, 0.717) is 0 Å². The summed E-state index contributed by atoms with van der Waals surface area (Å²) in [5, 5.41) is 0. The fourth-order valence-corrected chi connectivity index (χ4v) is 0.211. The highest BCUT2D eigenvalue weighted by Gasteiger charge is 1.67. The van der Waals surface area contributed by atoms with E-state index < -0.39 is 0 Å². The molecule has 0 aliphatic rings. The number of hydrogen-bond acceptors (Lipinski definition) is 0. The van der Waals surface area contributed by atoms with Crippen LogP contribution in [0.3, 0.4) is 0 Å². The van der Waals surface area contributed by atoms with Crippen LogP contribution < -0.4 is 4.67 Å². The maximum atomic E-state index is 3.84. The SMILES string of the molecule is CC=[N+]=CCC. The van der Waals surface area contributed by atoms with Crippen molar-refractivity contribution in [2.45, 2.75) is 20.3 Å². The monoisotopic (exact) mass is 84.1 g/mol. The zero-order valence-electron chi connectivity index (χ0n) is 4.31. The van der Waals surface area contributed by atoms with Gasteiger partial charge in [-0.15, -0.1) is 4.67 Å². The van der Waals surface area contributed by atoms with Crippen LogP contribution in [0.1, 0.15) is 20.3 Å². The predicted molar refractivity (Wildman–Crippen MR) is 30.2 cm³/mol. The van der Waals surface area contributed by atoms with Crippen molar-refractivity contribution < 1.29 is 0 Å². The normalized spacial score (nSPS) is 6.33. The molecule has 0 aromatic carbocycles. The minimum absolute atomic E-state index is 1.03. The van der Waals surface area contributed by atoms with Gasteiger partial charge in [-0.1, -0.05) is 6.92 Å². The minimum Gasteiger partial charge on any atom is -0.111 e. The third-order valence-electron chi connectivity index (χ3n) is 0.437. The summed E-state index contributed by atoms with van der Waals surface area (Å²) in [6.07, 6.45) is 4.69. The molecule has 0 atom stereocenters. The Morgan fingerprint density at radius 2 is 2.33 bits per heavy atom. The Bertz CT molecular complexity index is 68.0. The predicted octanol–water partition coefficient (Wildman–Crippen LogP) is 0.625. The average molecular weight is 84.1 g/mol. The third-order valence-corrected chi connectivity index (χ3v) is 0.437. The van der Waals surface area contributed by atoms with Gasteiger partial charge in [0.05, 0.1) is 0 Å². The Morgan fingerprint density at radius 1 is 1.67 bits per heavy atom. The molecular weight excluding hydrogens is 74.1 g/mol. The molecule has 34 valence electrons. The third kappa shape index (κ3) is 3.45. The lowest BCUT2D eigenvalue weighted by Crippen LogP contribution is -1.73. The van der Waals surface area contributed by atoms with Crippen LogP contribution in [0, 0.1) is 0 Å². The molecule has 0 saturated heterocycles. The van der Waals surface area contributed by atoms with Crippen LogP contribution in [0.5, 0.6) is 0 Å². The Morgan fingerprint density at radius 3 is 2.50 bits per heavy atom. The quantitative estimate of drug-likeness (QED) is 0.327. The molecular formula is C5H10N+. The maximum absolute atomic E-state index is 3.84. The van der Waals surface area contributed by atoms with E-state index in [0.717, 1.165) is 6.42 Å². The highest BCUT2D eigenvalue weighted by molar-refractivity contribution is 5.63. The molecule has 1 nitrogen and oxygen atoms in total. The van der Waals surface area contributed by atoms with E-state index >= 15 is 0 Å². The van der Waals surface area contributed by atoms with Crippen LogP contribution in [0.2, 0.25) is 0 Å². The van der Waals surface area contributed by atoms with Crippen molar-refractivity contribution in [2.24, 2.45) is 0 Å². The van der Waals surface area contributed by atoms with Crippen molar-refractivity contribution in [3.8, 4) is 0 Å². The van der Waals surface area contributed by atoms with Crippen molar-refractivity contribution in [3.63, 3.8) is 0 Å². The summed E-state index contributed by atoms with van der Waals surface area (Å²) in [6, 6.07) is 0. The lowest BCUT2D eigenvalue weighted by atomic mass is 10.5. The zero-order chi connectivity index (χ0) is 4.83. The molecule has 1 heteroatoms. The molecule has 0 aliphatic carbocycles. The molecule has 0 unspecified atom stereocenters. The van der Waals surface area contributed by atoms with Crippen molar-refractivity contribution in [1.29, 1.82) is 0 Å². The van der Waals surface area contributed by atoms with Crippen LogP contribution >= 0.6 is 0 Å². The zero-order valence-corrected chi connectivity index (χ0v) is 4.31. The first-order valence-electron chi connectivity index (χ1n) is 2.21. The average Bonchev–Trinajstić information content (AvgIpc) is 1.61. The van der Waals surface area contributed by atoms with Gasteiger partial charge in [0.2, 0.25) is 0 Å². The summed E-state index contributed by atoms with van der Waals surface area (Å²) >= 11 is 0. The van der Waals surface area contributed by atoms with Gasteiger partial charge in [0.25, 0.3) is 12.4 Å². The summed E-state index contributed by atoms with van der Waals surface area (Å²) in [6.45, 7) is 3.97. The standard InChI is InChI=1S/C5H10N/c1-3-5-6-4-2/h4-5H,3H2,1-2H3/q+1. The molecule has 0 bridgehead atoms. The molecule has 0 amide bonds. The molecule has 0 aliphatic heterocycles. The van der Waals surface area contributed by atoms with Crippen LogP contribution in [0.4, 0.5) is 0 Å². The second kappa shape index (κ2) is 4.45. The van der Waals surface area contributed by atoms with Gasteiger partial charge in [0.15, 0.2) is 0 Å². The molecule has 0 heterocycles. The van der Waals surface area contributed by atoms with E-state index in [1.54, 1.807) is 6.21 Å². The van der Waals surface area contributed by atoms with E-state index in [9.17, 15) is 0 Å². The summed E-state index contributed by atoms with van der Waals surface area (Å²) in [5.41, 5.74) is 0. The van der Waals surface area contributed by atoms with Gasteiger partial charge in [-0.3, -0.25) is 0 Å². The van der Waals surface area contributed by atoms with E-state index in [1.165, 1.54) is 0 Å². The van der Waals surface area contributed by atoms with Gasteiger partial charge in [-0.25, -0.2) is 0 Å². The first-order chi connectivity index (χ1) is 2.91. The summed E-state index contributed by atoms with van der Waals surface area (Å²) in [5.74, 6) is 0. The van der Waals surface area contributed by atoms with Crippen LogP contribution in [-0.4, -0.2) is 12.4 Å². The summed E-state index contributed by atoms with van der Waals surface area (Å²) in [4.78, 5) is 0. The van der Waals surface area contributed by atoms with Gasteiger partial charge >= 0.3 is 0 Å². The van der Waals surface area contributed by atoms with Crippen LogP contribution in [0.15, 0.2) is 0 Å². The summed E-state index contributed by atoms with van der Waals surface area (Å²) in [7, 11) is 0. The minimum atomic E-state index is 1.03. The molecule has 0 radical (unpaired) electrons. The van der Waals surface area contributed by atoms with Gasteiger partial charge in [-0.2, -0.15) is 0 Å². The molecule has 0 saturated carbocycles. The Balaban J connectivity index is 3.18. The fraction of sp³-hybridized carbons (Fsp3) is 0.600. The Hall–Kier alpha value is -0.550. The Kier molecular flexibility index (Phi) is 4.04.